The Morgan fingerprint density at radius 3 is 2.52 bits per heavy atom. The van der Waals surface area contributed by atoms with Gasteiger partial charge in [-0.15, -0.1) is 0 Å². The molecule has 1 atom stereocenters. The van der Waals surface area contributed by atoms with Crippen LogP contribution in [0.15, 0.2) is 24.3 Å². The maximum Gasteiger partial charge on any atom is 0.320 e. The molecule has 2 aromatic rings. The van der Waals surface area contributed by atoms with Crippen molar-refractivity contribution >= 4 is 17.6 Å². The van der Waals surface area contributed by atoms with Crippen molar-refractivity contribution in [2.24, 2.45) is 0 Å². The van der Waals surface area contributed by atoms with E-state index in [1.54, 1.807) is 6.92 Å². The minimum Gasteiger partial charge on any atom is -0.480 e. The van der Waals surface area contributed by atoms with Crippen LogP contribution in [0.5, 0.6) is 0 Å². The summed E-state index contributed by atoms with van der Waals surface area (Å²) >= 11 is 5.91. The number of aryl methyl sites for hydroxylation is 1. The molecular weight excluding hydrogens is 314 g/mol. The number of carbonyl (C=O) groups is 1. The number of halogens is 1. The molecule has 0 saturated heterocycles. The molecule has 5 nitrogen and oxygen atoms in total. The van der Waals surface area contributed by atoms with Crippen molar-refractivity contribution in [3.8, 4) is 0 Å². The minimum atomic E-state index is -0.823. The summed E-state index contributed by atoms with van der Waals surface area (Å²) in [6.07, 6.45) is 0. The molecule has 0 aliphatic heterocycles. The van der Waals surface area contributed by atoms with Crippen LogP contribution in [0, 0.1) is 13.8 Å². The number of carboxylic acid groups (broad SMARTS) is 1. The highest BCUT2D eigenvalue weighted by molar-refractivity contribution is 6.30. The van der Waals surface area contributed by atoms with Crippen LogP contribution >= 0.6 is 11.6 Å². The molecule has 0 radical (unpaired) electrons. The third kappa shape index (κ3) is 4.12. The maximum atomic E-state index is 11.1. The highest BCUT2D eigenvalue weighted by atomic mass is 35.5. The first kappa shape index (κ1) is 17.5. The highest BCUT2D eigenvalue weighted by Gasteiger charge is 2.20. The first-order valence-corrected chi connectivity index (χ1v) is 7.87. The summed E-state index contributed by atoms with van der Waals surface area (Å²) in [6.45, 7) is 6.89. The Morgan fingerprint density at radius 2 is 1.96 bits per heavy atom. The maximum absolute atomic E-state index is 11.1. The predicted octanol–water partition coefficient (Wildman–Crippen LogP) is 3.11. The number of aliphatic carboxylic acids is 1. The largest absolute Gasteiger partial charge is 0.480 e. The molecule has 1 unspecified atom stereocenters. The lowest BCUT2D eigenvalue weighted by atomic mass is 10.1. The van der Waals surface area contributed by atoms with Crippen LogP contribution in [0.4, 0.5) is 0 Å². The average Bonchev–Trinajstić information content (AvgIpc) is 2.76. The molecule has 1 heterocycles. The van der Waals surface area contributed by atoms with Gasteiger partial charge in [0.1, 0.15) is 6.04 Å². The van der Waals surface area contributed by atoms with Crippen LogP contribution in [0.2, 0.25) is 5.02 Å². The molecular formula is C17H22ClN3O2. The molecule has 6 heteroatoms. The second kappa shape index (κ2) is 7.15. The fourth-order valence-corrected chi connectivity index (χ4v) is 2.58. The van der Waals surface area contributed by atoms with E-state index >= 15 is 0 Å². The smallest absolute Gasteiger partial charge is 0.320 e. The first-order valence-electron chi connectivity index (χ1n) is 7.50. The number of nitrogens with zero attached hydrogens (tertiary/aromatic N) is 3. The van der Waals surface area contributed by atoms with Crippen molar-refractivity contribution in [1.29, 1.82) is 0 Å². The second-order valence-corrected chi connectivity index (χ2v) is 6.30. The number of hydrogen-bond donors (Lipinski definition) is 1. The Labute approximate surface area is 141 Å². The number of rotatable bonds is 6. The Morgan fingerprint density at radius 1 is 1.35 bits per heavy atom. The number of benzene rings is 1. The van der Waals surface area contributed by atoms with Crippen molar-refractivity contribution in [3.63, 3.8) is 0 Å². The summed E-state index contributed by atoms with van der Waals surface area (Å²) < 4.78 is 1.95. The van der Waals surface area contributed by atoms with Gasteiger partial charge in [-0.05, 0) is 45.5 Å². The summed E-state index contributed by atoms with van der Waals surface area (Å²) in [4.78, 5) is 12.9. The van der Waals surface area contributed by atoms with E-state index in [-0.39, 0.29) is 0 Å². The third-order valence-corrected chi connectivity index (χ3v) is 4.45. The zero-order valence-electron chi connectivity index (χ0n) is 13.9. The number of hydrogen-bond acceptors (Lipinski definition) is 3. The van der Waals surface area contributed by atoms with Crippen molar-refractivity contribution in [1.82, 2.24) is 14.7 Å². The predicted molar refractivity (Wildman–Crippen MR) is 90.8 cm³/mol. The van der Waals surface area contributed by atoms with E-state index in [4.69, 9.17) is 16.7 Å². The first-order chi connectivity index (χ1) is 10.8. The Balaban J connectivity index is 2.18. The van der Waals surface area contributed by atoms with Gasteiger partial charge >= 0.3 is 5.97 Å². The Hall–Kier alpha value is -1.85. The average molecular weight is 336 g/mol. The van der Waals surface area contributed by atoms with Gasteiger partial charge in [0.15, 0.2) is 0 Å². The lowest BCUT2D eigenvalue weighted by molar-refractivity contribution is -0.142. The highest BCUT2D eigenvalue weighted by Crippen LogP contribution is 2.18. The van der Waals surface area contributed by atoms with Gasteiger partial charge in [-0.3, -0.25) is 14.4 Å². The van der Waals surface area contributed by atoms with Gasteiger partial charge in [0.05, 0.1) is 12.2 Å². The monoisotopic (exact) mass is 335 g/mol. The van der Waals surface area contributed by atoms with Crippen LogP contribution in [0.1, 0.15) is 29.4 Å². The molecule has 124 valence electrons. The zero-order valence-corrected chi connectivity index (χ0v) is 14.6. The van der Waals surface area contributed by atoms with Crippen molar-refractivity contribution in [3.05, 3.63) is 51.8 Å². The third-order valence-electron chi connectivity index (χ3n) is 4.20. The normalized spacial score (nSPS) is 12.6. The molecule has 0 spiro atoms. The molecule has 0 amide bonds. The summed E-state index contributed by atoms with van der Waals surface area (Å²) in [6, 6.07) is 7.17. The number of likely N-dealkylation sites (N-methyl/N-ethyl adjacent to an activating group) is 1. The standard InChI is InChI=1S/C17H22ClN3O2/c1-11-16(10-20(4)13(3)17(22)23)12(2)21(19-11)9-14-5-7-15(18)8-6-14/h5-8,13H,9-10H2,1-4H3,(H,22,23). The quantitative estimate of drug-likeness (QED) is 0.881. The van der Waals surface area contributed by atoms with Crippen molar-refractivity contribution < 1.29 is 9.90 Å². The fourth-order valence-electron chi connectivity index (χ4n) is 2.45. The van der Waals surface area contributed by atoms with E-state index < -0.39 is 12.0 Å². The van der Waals surface area contributed by atoms with E-state index in [1.165, 1.54) is 0 Å². The van der Waals surface area contributed by atoms with Crippen molar-refractivity contribution in [2.45, 2.75) is 39.9 Å². The summed E-state index contributed by atoms with van der Waals surface area (Å²) in [5.74, 6) is -0.823. The van der Waals surface area contributed by atoms with Crippen LogP contribution < -0.4 is 0 Å². The van der Waals surface area contributed by atoms with Crippen LogP contribution in [-0.2, 0) is 17.9 Å². The molecule has 0 aliphatic rings. The fraction of sp³-hybridized carbons (Fsp3) is 0.412. The lowest BCUT2D eigenvalue weighted by Crippen LogP contribution is -2.35. The molecule has 1 aromatic heterocycles. The van der Waals surface area contributed by atoms with E-state index in [0.29, 0.717) is 18.1 Å². The minimum absolute atomic E-state index is 0.534. The van der Waals surface area contributed by atoms with Gasteiger partial charge in [-0.1, -0.05) is 23.7 Å². The lowest BCUT2D eigenvalue weighted by Gasteiger charge is -2.21. The molecule has 1 N–H and O–H groups in total. The Kier molecular flexibility index (Phi) is 5.44. The van der Waals surface area contributed by atoms with Crippen LogP contribution in [0.3, 0.4) is 0 Å². The van der Waals surface area contributed by atoms with E-state index in [0.717, 1.165) is 22.5 Å². The molecule has 1 aromatic carbocycles. The summed E-state index contributed by atoms with van der Waals surface area (Å²) in [7, 11) is 1.81. The summed E-state index contributed by atoms with van der Waals surface area (Å²) in [5.41, 5.74) is 4.19. The second-order valence-electron chi connectivity index (χ2n) is 5.86. The van der Waals surface area contributed by atoms with E-state index in [1.807, 2.05) is 54.7 Å². The Bertz CT molecular complexity index is 695. The van der Waals surface area contributed by atoms with Gasteiger partial charge in [-0.25, -0.2) is 0 Å². The van der Waals surface area contributed by atoms with Gasteiger partial charge in [0.2, 0.25) is 0 Å². The molecule has 0 saturated carbocycles. The zero-order chi connectivity index (χ0) is 17.1. The number of carboxylic acids is 1. The van der Waals surface area contributed by atoms with E-state index in [9.17, 15) is 4.79 Å². The van der Waals surface area contributed by atoms with Gasteiger partial charge < -0.3 is 5.11 Å². The van der Waals surface area contributed by atoms with Gasteiger partial charge in [0, 0.05) is 22.8 Å². The van der Waals surface area contributed by atoms with Crippen LogP contribution in [-0.4, -0.2) is 38.8 Å². The van der Waals surface area contributed by atoms with Crippen molar-refractivity contribution in [2.75, 3.05) is 7.05 Å². The van der Waals surface area contributed by atoms with Crippen LogP contribution in [0.25, 0.3) is 0 Å². The molecule has 0 aliphatic carbocycles. The van der Waals surface area contributed by atoms with E-state index in [2.05, 4.69) is 5.10 Å². The SMILES string of the molecule is Cc1nn(Cc2ccc(Cl)cc2)c(C)c1CN(C)C(C)C(=O)O. The summed E-state index contributed by atoms with van der Waals surface area (Å²) in [5, 5.41) is 14.4. The topological polar surface area (TPSA) is 58.4 Å². The molecule has 0 fully saturated rings. The van der Waals surface area contributed by atoms with Gasteiger partial charge in [0.25, 0.3) is 0 Å². The molecule has 23 heavy (non-hydrogen) atoms. The number of aromatic nitrogens is 2. The molecule has 0 bridgehead atoms. The van der Waals surface area contributed by atoms with Gasteiger partial charge in [-0.2, -0.15) is 5.10 Å². The molecule has 2 rings (SSSR count).